The molecule has 0 aliphatic carbocycles. The standard InChI is InChI=1S/C16H21NO2/c1-12(11-18-2)17-10-13-8-9-16(19-3)15-7-5-4-6-14(13)15/h4-9,12,17H,10-11H2,1-3H3/t12-/m1/s1. The molecule has 0 radical (unpaired) electrons. The third-order valence-electron chi connectivity index (χ3n) is 3.25. The molecule has 2 aromatic rings. The van der Waals surface area contributed by atoms with Crippen molar-refractivity contribution >= 4 is 10.8 Å². The van der Waals surface area contributed by atoms with Crippen molar-refractivity contribution in [1.29, 1.82) is 0 Å². The van der Waals surface area contributed by atoms with Crippen LogP contribution >= 0.6 is 0 Å². The number of ether oxygens (including phenoxy) is 2. The highest BCUT2D eigenvalue weighted by atomic mass is 16.5. The fourth-order valence-electron chi connectivity index (χ4n) is 2.26. The second-order valence-electron chi connectivity index (χ2n) is 4.71. The fraction of sp³-hybridized carbons (Fsp3) is 0.375. The Morgan fingerprint density at radius 2 is 1.79 bits per heavy atom. The predicted molar refractivity (Wildman–Crippen MR) is 78.7 cm³/mol. The first kappa shape index (κ1) is 13.8. The summed E-state index contributed by atoms with van der Waals surface area (Å²) in [5.41, 5.74) is 1.28. The van der Waals surface area contributed by atoms with E-state index in [9.17, 15) is 0 Å². The van der Waals surface area contributed by atoms with Crippen LogP contribution < -0.4 is 10.1 Å². The summed E-state index contributed by atoms with van der Waals surface area (Å²) in [6.07, 6.45) is 0. The minimum Gasteiger partial charge on any atom is -0.496 e. The van der Waals surface area contributed by atoms with Crippen molar-refractivity contribution < 1.29 is 9.47 Å². The Bertz CT molecular complexity index is 539. The van der Waals surface area contributed by atoms with Crippen LogP contribution in [0.5, 0.6) is 5.75 Å². The molecule has 0 saturated carbocycles. The summed E-state index contributed by atoms with van der Waals surface area (Å²) in [5, 5.41) is 5.85. The van der Waals surface area contributed by atoms with Gasteiger partial charge in [0.15, 0.2) is 0 Å². The molecule has 0 unspecified atom stereocenters. The molecule has 3 nitrogen and oxygen atoms in total. The molecule has 2 aromatic carbocycles. The molecular weight excluding hydrogens is 238 g/mol. The summed E-state index contributed by atoms with van der Waals surface area (Å²) < 4.78 is 10.5. The SMILES string of the molecule is COC[C@@H](C)NCc1ccc(OC)c2ccccc12. The summed E-state index contributed by atoms with van der Waals surface area (Å²) in [6, 6.07) is 12.8. The molecule has 0 aliphatic rings. The van der Waals surface area contributed by atoms with E-state index in [1.54, 1.807) is 14.2 Å². The molecule has 1 N–H and O–H groups in total. The van der Waals surface area contributed by atoms with E-state index in [0.29, 0.717) is 12.6 Å². The number of rotatable bonds is 6. The van der Waals surface area contributed by atoms with Gasteiger partial charge in [-0.05, 0) is 23.9 Å². The maximum absolute atomic E-state index is 5.41. The van der Waals surface area contributed by atoms with Gasteiger partial charge in [-0.25, -0.2) is 0 Å². The normalized spacial score (nSPS) is 12.6. The highest BCUT2D eigenvalue weighted by Crippen LogP contribution is 2.28. The molecule has 19 heavy (non-hydrogen) atoms. The van der Waals surface area contributed by atoms with Crippen molar-refractivity contribution in [3.8, 4) is 5.75 Å². The van der Waals surface area contributed by atoms with E-state index in [1.165, 1.54) is 10.9 Å². The largest absolute Gasteiger partial charge is 0.496 e. The first-order valence-electron chi connectivity index (χ1n) is 6.53. The lowest BCUT2D eigenvalue weighted by Gasteiger charge is -2.15. The van der Waals surface area contributed by atoms with Crippen LogP contribution in [0.15, 0.2) is 36.4 Å². The topological polar surface area (TPSA) is 30.5 Å². The van der Waals surface area contributed by atoms with E-state index in [4.69, 9.17) is 9.47 Å². The molecule has 0 fully saturated rings. The number of benzene rings is 2. The van der Waals surface area contributed by atoms with Crippen LogP contribution in [0.25, 0.3) is 10.8 Å². The van der Waals surface area contributed by atoms with Gasteiger partial charge >= 0.3 is 0 Å². The minimum atomic E-state index is 0.339. The van der Waals surface area contributed by atoms with Gasteiger partial charge in [0, 0.05) is 25.1 Å². The monoisotopic (exact) mass is 259 g/mol. The molecule has 1 atom stereocenters. The predicted octanol–water partition coefficient (Wildman–Crippen LogP) is 2.97. The van der Waals surface area contributed by atoms with Crippen LogP contribution in [0.4, 0.5) is 0 Å². The molecule has 0 amide bonds. The van der Waals surface area contributed by atoms with Crippen LogP contribution in [-0.2, 0) is 11.3 Å². The van der Waals surface area contributed by atoms with Crippen LogP contribution in [0.1, 0.15) is 12.5 Å². The Labute approximate surface area is 114 Å². The van der Waals surface area contributed by atoms with Gasteiger partial charge in [0.25, 0.3) is 0 Å². The van der Waals surface area contributed by atoms with Gasteiger partial charge in [-0.15, -0.1) is 0 Å². The first-order chi connectivity index (χ1) is 9.26. The zero-order valence-corrected chi connectivity index (χ0v) is 11.8. The van der Waals surface area contributed by atoms with E-state index < -0.39 is 0 Å². The number of methoxy groups -OCH3 is 2. The minimum absolute atomic E-state index is 0.339. The molecule has 2 rings (SSSR count). The molecule has 3 heteroatoms. The number of nitrogens with one attached hydrogen (secondary N) is 1. The maximum atomic E-state index is 5.41. The lowest BCUT2D eigenvalue weighted by molar-refractivity contribution is 0.172. The van der Waals surface area contributed by atoms with Crippen molar-refractivity contribution in [3.05, 3.63) is 42.0 Å². The number of fused-ring (bicyclic) bond motifs is 1. The van der Waals surface area contributed by atoms with Gasteiger partial charge in [-0.2, -0.15) is 0 Å². The lowest BCUT2D eigenvalue weighted by Crippen LogP contribution is -2.29. The van der Waals surface area contributed by atoms with Gasteiger partial charge in [0.2, 0.25) is 0 Å². The molecule has 0 heterocycles. The van der Waals surface area contributed by atoms with Crippen molar-refractivity contribution in [2.24, 2.45) is 0 Å². The van der Waals surface area contributed by atoms with Crippen molar-refractivity contribution in [2.45, 2.75) is 19.5 Å². The molecule has 0 aromatic heterocycles. The van der Waals surface area contributed by atoms with Crippen LogP contribution in [0.3, 0.4) is 0 Å². The molecule has 0 bridgehead atoms. The second kappa shape index (κ2) is 6.55. The van der Waals surface area contributed by atoms with E-state index in [2.05, 4.69) is 36.5 Å². The maximum Gasteiger partial charge on any atom is 0.126 e. The van der Waals surface area contributed by atoms with Crippen molar-refractivity contribution in [2.75, 3.05) is 20.8 Å². The summed E-state index contributed by atoms with van der Waals surface area (Å²) in [4.78, 5) is 0. The van der Waals surface area contributed by atoms with Gasteiger partial charge in [-0.3, -0.25) is 0 Å². The molecule has 0 aliphatic heterocycles. The average molecular weight is 259 g/mol. The zero-order valence-electron chi connectivity index (χ0n) is 11.8. The summed E-state index contributed by atoms with van der Waals surface area (Å²) >= 11 is 0. The van der Waals surface area contributed by atoms with Crippen LogP contribution in [0, 0.1) is 0 Å². The number of hydrogen-bond donors (Lipinski definition) is 1. The smallest absolute Gasteiger partial charge is 0.126 e. The van der Waals surface area contributed by atoms with Gasteiger partial charge in [0.05, 0.1) is 13.7 Å². The van der Waals surface area contributed by atoms with E-state index in [1.807, 2.05) is 12.1 Å². The van der Waals surface area contributed by atoms with Gasteiger partial charge < -0.3 is 14.8 Å². The average Bonchev–Trinajstić information content (AvgIpc) is 2.45. The third-order valence-corrected chi connectivity index (χ3v) is 3.25. The van der Waals surface area contributed by atoms with E-state index >= 15 is 0 Å². The highest BCUT2D eigenvalue weighted by molar-refractivity contribution is 5.91. The lowest BCUT2D eigenvalue weighted by atomic mass is 10.0. The quantitative estimate of drug-likeness (QED) is 0.865. The molecule has 102 valence electrons. The van der Waals surface area contributed by atoms with Crippen LogP contribution in [0.2, 0.25) is 0 Å². The Morgan fingerprint density at radius 1 is 1.05 bits per heavy atom. The van der Waals surface area contributed by atoms with Gasteiger partial charge in [-0.1, -0.05) is 30.3 Å². The van der Waals surface area contributed by atoms with Crippen molar-refractivity contribution in [1.82, 2.24) is 5.32 Å². The van der Waals surface area contributed by atoms with E-state index in [0.717, 1.165) is 17.7 Å². The Kier molecular flexibility index (Phi) is 4.77. The zero-order chi connectivity index (χ0) is 13.7. The Balaban J connectivity index is 2.24. The van der Waals surface area contributed by atoms with Crippen molar-refractivity contribution in [3.63, 3.8) is 0 Å². The van der Waals surface area contributed by atoms with Gasteiger partial charge in [0.1, 0.15) is 5.75 Å². The molecular formula is C16H21NO2. The Hall–Kier alpha value is -1.58. The highest BCUT2D eigenvalue weighted by Gasteiger charge is 2.07. The second-order valence-corrected chi connectivity index (χ2v) is 4.71. The first-order valence-corrected chi connectivity index (χ1v) is 6.53. The molecule has 0 saturated heterocycles. The summed E-state index contributed by atoms with van der Waals surface area (Å²) in [6.45, 7) is 3.67. The van der Waals surface area contributed by atoms with E-state index in [-0.39, 0.29) is 0 Å². The Morgan fingerprint density at radius 3 is 2.47 bits per heavy atom. The number of hydrogen-bond acceptors (Lipinski definition) is 3. The molecule has 0 spiro atoms. The third kappa shape index (κ3) is 3.25. The summed E-state index contributed by atoms with van der Waals surface area (Å²) in [7, 11) is 3.43. The fourth-order valence-corrected chi connectivity index (χ4v) is 2.26. The summed E-state index contributed by atoms with van der Waals surface area (Å²) in [5.74, 6) is 0.921. The van der Waals surface area contributed by atoms with Crippen LogP contribution in [-0.4, -0.2) is 26.9 Å².